The molecular weight excluding hydrogens is 392 g/mol. The first-order valence-electron chi connectivity index (χ1n) is 10.2. The summed E-state index contributed by atoms with van der Waals surface area (Å²) >= 11 is 0. The summed E-state index contributed by atoms with van der Waals surface area (Å²) in [5, 5.41) is 0. The molecule has 4 atom stereocenters. The van der Waals surface area contributed by atoms with Gasteiger partial charge in [0.05, 0.1) is 0 Å². The average molecular weight is 416 g/mol. The standard InChI is InChI=1S/C24H24F4N2/c1-2-18-14-30-8-7-19(18)11-20(30)15-29(12-16-3-5-21(25)23(27)9-16)13-17-4-6-22(26)24(28)10-17/h1,3-6,9-10,18-20H,7-8,11-15H2/t18-,19-,20+/m0/s1. The van der Waals surface area contributed by atoms with E-state index >= 15 is 0 Å². The van der Waals surface area contributed by atoms with Gasteiger partial charge in [-0.25, -0.2) is 17.6 Å². The lowest BCUT2D eigenvalue weighted by Crippen LogP contribution is -2.56. The van der Waals surface area contributed by atoms with E-state index in [1.165, 1.54) is 12.1 Å². The van der Waals surface area contributed by atoms with Crippen molar-refractivity contribution in [3.63, 3.8) is 0 Å². The van der Waals surface area contributed by atoms with Crippen molar-refractivity contribution in [2.24, 2.45) is 11.8 Å². The van der Waals surface area contributed by atoms with Crippen molar-refractivity contribution in [3.8, 4) is 12.3 Å². The molecule has 3 fully saturated rings. The van der Waals surface area contributed by atoms with Crippen molar-refractivity contribution in [1.29, 1.82) is 0 Å². The lowest BCUT2D eigenvalue weighted by atomic mass is 9.76. The number of hydrogen-bond acceptors (Lipinski definition) is 2. The molecule has 0 saturated carbocycles. The second-order valence-corrected chi connectivity index (χ2v) is 8.37. The summed E-state index contributed by atoms with van der Waals surface area (Å²) in [6.07, 6.45) is 7.76. The van der Waals surface area contributed by atoms with E-state index in [9.17, 15) is 17.6 Å². The summed E-state index contributed by atoms with van der Waals surface area (Å²) in [6.45, 7) is 3.31. The fraction of sp³-hybridized carbons (Fsp3) is 0.417. The quantitative estimate of drug-likeness (QED) is 0.502. The zero-order valence-electron chi connectivity index (χ0n) is 16.6. The SMILES string of the molecule is C#C[C@H]1CN2CC[C@H]1C[C@@H]2CN(Cc1ccc(F)c(F)c1)Cc1ccc(F)c(F)c1. The zero-order chi connectivity index (χ0) is 21.3. The highest BCUT2D eigenvalue weighted by Gasteiger charge is 2.39. The Kier molecular flexibility index (Phi) is 6.12. The lowest BCUT2D eigenvalue weighted by Gasteiger charge is -2.49. The normalized spacial score (nSPS) is 25.5. The Morgan fingerprint density at radius 1 is 0.933 bits per heavy atom. The molecule has 3 aliphatic heterocycles. The third-order valence-corrected chi connectivity index (χ3v) is 6.34. The topological polar surface area (TPSA) is 6.48 Å². The molecule has 0 radical (unpaired) electrons. The van der Waals surface area contributed by atoms with Gasteiger partial charge >= 0.3 is 0 Å². The van der Waals surface area contributed by atoms with Gasteiger partial charge in [0.25, 0.3) is 0 Å². The minimum Gasteiger partial charge on any atom is -0.298 e. The van der Waals surface area contributed by atoms with Crippen molar-refractivity contribution < 1.29 is 17.6 Å². The number of hydrogen-bond donors (Lipinski definition) is 0. The highest BCUT2D eigenvalue weighted by Crippen LogP contribution is 2.36. The smallest absolute Gasteiger partial charge is 0.159 e. The van der Waals surface area contributed by atoms with Gasteiger partial charge in [-0.05, 0) is 60.7 Å². The largest absolute Gasteiger partial charge is 0.298 e. The van der Waals surface area contributed by atoms with E-state index in [1.807, 2.05) is 0 Å². The van der Waals surface area contributed by atoms with Gasteiger partial charge in [0.2, 0.25) is 0 Å². The van der Waals surface area contributed by atoms with Gasteiger partial charge in [0.15, 0.2) is 23.3 Å². The molecule has 0 spiro atoms. The second kappa shape index (κ2) is 8.79. The molecule has 30 heavy (non-hydrogen) atoms. The van der Waals surface area contributed by atoms with Gasteiger partial charge in [0.1, 0.15) is 0 Å². The summed E-state index contributed by atoms with van der Waals surface area (Å²) in [7, 11) is 0. The number of piperidine rings is 3. The van der Waals surface area contributed by atoms with E-state index in [2.05, 4.69) is 15.7 Å². The Bertz CT molecular complexity index is 901. The molecule has 2 nitrogen and oxygen atoms in total. The van der Waals surface area contributed by atoms with Gasteiger partial charge in [-0.2, -0.15) is 0 Å². The molecule has 1 unspecified atom stereocenters. The van der Waals surface area contributed by atoms with Crippen LogP contribution in [0.25, 0.3) is 0 Å². The minimum absolute atomic E-state index is 0.279. The Morgan fingerprint density at radius 2 is 1.53 bits per heavy atom. The van der Waals surface area contributed by atoms with E-state index in [1.54, 1.807) is 12.1 Å². The van der Waals surface area contributed by atoms with Crippen LogP contribution in [0.15, 0.2) is 36.4 Å². The van der Waals surface area contributed by atoms with Crippen LogP contribution in [0.4, 0.5) is 17.6 Å². The monoisotopic (exact) mass is 416 g/mol. The summed E-state index contributed by atoms with van der Waals surface area (Å²) in [6, 6.07) is 8.01. The molecule has 0 aliphatic carbocycles. The number of halogens is 4. The van der Waals surface area contributed by atoms with Crippen LogP contribution in [0.1, 0.15) is 24.0 Å². The van der Waals surface area contributed by atoms with Crippen molar-refractivity contribution in [2.45, 2.75) is 32.0 Å². The fourth-order valence-corrected chi connectivity index (χ4v) is 4.79. The maximum absolute atomic E-state index is 13.7. The number of fused-ring (bicyclic) bond motifs is 3. The molecule has 5 rings (SSSR count). The molecule has 3 saturated heterocycles. The molecule has 0 amide bonds. The van der Waals surface area contributed by atoms with E-state index in [0.717, 1.165) is 38.1 Å². The summed E-state index contributed by atoms with van der Waals surface area (Å²) in [5.74, 6) is 0.123. The summed E-state index contributed by atoms with van der Waals surface area (Å²) in [4.78, 5) is 4.48. The molecule has 0 N–H and O–H groups in total. The van der Waals surface area contributed by atoms with Crippen LogP contribution >= 0.6 is 0 Å². The Balaban J connectivity index is 1.53. The Morgan fingerprint density at radius 3 is 2.00 bits per heavy atom. The number of rotatable bonds is 6. The first-order valence-corrected chi connectivity index (χ1v) is 10.2. The maximum atomic E-state index is 13.7. The summed E-state index contributed by atoms with van der Waals surface area (Å²) in [5.41, 5.74) is 1.27. The molecule has 0 aromatic heterocycles. The first kappa shape index (κ1) is 20.9. The van der Waals surface area contributed by atoms with Gasteiger partial charge in [-0.1, -0.05) is 12.1 Å². The number of nitrogens with zero attached hydrogens (tertiary/aromatic N) is 2. The predicted molar refractivity (Wildman–Crippen MR) is 107 cm³/mol. The van der Waals surface area contributed by atoms with Crippen LogP contribution in [-0.2, 0) is 13.1 Å². The van der Waals surface area contributed by atoms with E-state index in [0.29, 0.717) is 42.7 Å². The predicted octanol–water partition coefficient (Wildman–Crippen LogP) is 4.59. The van der Waals surface area contributed by atoms with Crippen molar-refractivity contribution in [2.75, 3.05) is 19.6 Å². The third kappa shape index (κ3) is 4.53. The second-order valence-electron chi connectivity index (χ2n) is 8.37. The van der Waals surface area contributed by atoms with Gasteiger partial charge < -0.3 is 0 Å². The average Bonchev–Trinajstić information content (AvgIpc) is 2.74. The molecular formula is C24H24F4N2. The number of terminal acetylenes is 1. The Hall–Kier alpha value is -2.36. The fourth-order valence-electron chi connectivity index (χ4n) is 4.79. The molecule has 158 valence electrons. The van der Waals surface area contributed by atoms with E-state index in [4.69, 9.17) is 6.42 Å². The Labute approximate surface area is 174 Å². The molecule has 2 bridgehead atoms. The molecule has 6 heteroatoms. The maximum Gasteiger partial charge on any atom is 0.159 e. The van der Waals surface area contributed by atoms with Crippen molar-refractivity contribution in [3.05, 3.63) is 70.8 Å². The van der Waals surface area contributed by atoms with Crippen LogP contribution in [-0.4, -0.2) is 35.5 Å². The van der Waals surface area contributed by atoms with Gasteiger partial charge in [0, 0.05) is 38.1 Å². The van der Waals surface area contributed by atoms with Gasteiger partial charge in [-0.15, -0.1) is 12.3 Å². The molecule has 3 aliphatic rings. The minimum atomic E-state index is -0.891. The summed E-state index contributed by atoms with van der Waals surface area (Å²) < 4.78 is 54.1. The zero-order valence-corrected chi connectivity index (χ0v) is 16.6. The van der Waals surface area contributed by atoms with E-state index in [-0.39, 0.29) is 5.92 Å². The lowest BCUT2D eigenvalue weighted by molar-refractivity contribution is 0.00283. The highest BCUT2D eigenvalue weighted by atomic mass is 19.2. The third-order valence-electron chi connectivity index (χ3n) is 6.34. The van der Waals surface area contributed by atoms with Crippen LogP contribution in [0, 0.1) is 47.4 Å². The van der Waals surface area contributed by atoms with Crippen molar-refractivity contribution in [1.82, 2.24) is 9.80 Å². The highest BCUT2D eigenvalue weighted by molar-refractivity contribution is 5.20. The van der Waals surface area contributed by atoms with Crippen LogP contribution < -0.4 is 0 Å². The number of benzene rings is 2. The first-order chi connectivity index (χ1) is 14.4. The van der Waals surface area contributed by atoms with Crippen LogP contribution in [0.3, 0.4) is 0 Å². The van der Waals surface area contributed by atoms with Crippen LogP contribution in [0.5, 0.6) is 0 Å². The van der Waals surface area contributed by atoms with Crippen LogP contribution in [0.2, 0.25) is 0 Å². The van der Waals surface area contributed by atoms with E-state index < -0.39 is 23.3 Å². The molecule has 2 aromatic carbocycles. The van der Waals surface area contributed by atoms with Crippen molar-refractivity contribution >= 4 is 0 Å². The molecule has 2 aromatic rings. The molecule has 3 heterocycles. The van der Waals surface area contributed by atoms with Gasteiger partial charge in [-0.3, -0.25) is 9.80 Å².